The van der Waals surface area contributed by atoms with Crippen molar-refractivity contribution in [1.82, 2.24) is 4.90 Å². The number of benzene rings is 2. The fourth-order valence-electron chi connectivity index (χ4n) is 2.59. The van der Waals surface area contributed by atoms with E-state index in [0.29, 0.717) is 45.6 Å². The molecule has 0 spiro atoms. The van der Waals surface area contributed by atoms with Crippen LogP contribution in [0.2, 0.25) is 5.02 Å². The van der Waals surface area contributed by atoms with Gasteiger partial charge in [-0.3, -0.25) is 9.69 Å². The number of amides is 1. The molecule has 1 aliphatic heterocycles. The van der Waals surface area contributed by atoms with Gasteiger partial charge in [-0.05, 0) is 42.8 Å². The molecule has 0 N–H and O–H groups in total. The van der Waals surface area contributed by atoms with E-state index in [0.717, 1.165) is 11.3 Å². The van der Waals surface area contributed by atoms with E-state index in [-0.39, 0.29) is 5.91 Å². The Kier molecular flexibility index (Phi) is 7.41. The molecular weight excluding hydrogens is 430 g/mol. The number of carbonyl (C=O) groups excluding carboxylic acids is 1. The first-order chi connectivity index (χ1) is 14.0. The molecule has 8 heteroatoms. The van der Waals surface area contributed by atoms with E-state index in [4.69, 9.17) is 38.0 Å². The minimum absolute atomic E-state index is 0.132. The third-order valence-electron chi connectivity index (χ3n) is 3.96. The highest BCUT2D eigenvalue weighted by molar-refractivity contribution is 8.26. The molecule has 1 aliphatic rings. The Morgan fingerprint density at radius 2 is 1.86 bits per heavy atom. The van der Waals surface area contributed by atoms with Crippen molar-refractivity contribution < 1.29 is 19.0 Å². The van der Waals surface area contributed by atoms with E-state index in [2.05, 4.69) is 0 Å². The Morgan fingerprint density at radius 3 is 2.52 bits per heavy atom. The van der Waals surface area contributed by atoms with Gasteiger partial charge in [0.25, 0.3) is 5.91 Å². The van der Waals surface area contributed by atoms with Crippen LogP contribution < -0.4 is 14.2 Å². The predicted molar refractivity (Wildman–Crippen MR) is 121 cm³/mol. The molecule has 1 saturated heterocycles. The first-order valence-corrected chi connectivity index (χ1v) is 10.6. The van der Waals surface area contributed by atoms with Gasteiger partial charge < -0.3 is 14.2 Å². The average Bonchev–Trinajstić information content (AvgIpc) is 2.94. The predicted octanol–water partition coefficient (Wildman–Crippen LogP) is 5.03. The normalized spacial score (nSPS) is 15.1. The van der Waals surface area contributed by atoms with Gasteiger partial charge in [0, 0.05) is 7.05 Å². The Hall–Kier alpha value is -2.22. The topological polar surface area (TPSA) is 48.0 Å². The lowest BCUT2D eigenvalue weighted by Gasteiger charge is -2.15. The summed E-state index contributed by atoms with van der Waals surface area (Å²) in [5.74, 6) is 1.60. The van der Waals surface area contributed by atoms with Crippen molar-refractivity contribution in [3.05, 3.63) is 58.0 Å². The van der Waals surface area contributed by atoms with Crippen molar-refractivity contribution in [3.8, 4) is 17.2 Å². The quantitative estimate of drug-likeness (QED) is 0.320. The van der Waals surface area contributed by atoms with Crippen molar-refractivity contribution in [3.63, 3.8) is 0 Å². The molecule has 3 rings (SSSR count). The minimum atomic E-state index is -0.132. The second kappa shape index (κ2) is 10.0. The lowest BCUT2D eigenvalue weighted by molar-refractivity contribution is -0.121. The van der Waals surface area contributed by atoms with Crippen molar-refractivity contribution in [2.45, 2.75) is 6.92 Å². The Labute approximate surface area is 184 Å². The molecule has 0 aliphatic carbocycles. The SMILES string of the molecule is CCOc1cc(C=C2SC(=S)N(C)C2=O)cc(Cl)c1OCCOc1ccccc1. The number of halogens is 1. The number of ether oxygens (including phenoxy) is 3. The summed E-state index contributed by atoms with van der Waals surface area (Å²) in [4.78, 5) is 14.2. The summed E-state index contributed by atoms with van der Waals surface area (Å²) < 4.78 is 17.7. The van der Waals surface area contributed by atoms with Crippen LogP contribution in [0.3, 0.4) is 0 Å². The number of para-hydroxylation sites is 1. The number of likely N-dealkylation sites (N-methyl/N-ethyl adjacent to an activating group) is 1. The maximum atomic E-state index is 12.2. The van der Waals surface area contributed by atoms with Crippen LogP contribution in [0, 0.1) is 0 Å². The zero-order chi connectivity index (χ0) is 20.8. The Bertz CT molecular complexity index is 934. The van der Waals surface area contributed by atoms with Gasteiger partial charge in [0.15, 0.2) is 11.5 Å². The van der Waals surface area contributed by atoms with Crippen molar-refractivity contribution in [1.29, 1.82) is 0 Å². The zero-order valence-corrected chi connectivity index (χ0v) is 18.4. The van der Waals surface area contributed by atoms with E-state index in [1.54, 1.807) is 25.3 Å². The van der Waals surface area contributed by atoms with E-state index in [9.17, 15) is 4.79 Å². The average molecular weight is 450 g/mol. The molecule has 0 radical (unpaired) electrons. The van der Waals surface area contributed by atoms with Crippen LogP contribution in [0.1, 0.15) is 12.5 Å². The molecule has 1 amide bonds. The smallest absolute Gasteiger partial charge is 0.265 e. The minimum Gasteiger partial charge on any atom is -0.490 e. The number of thiocarbonyl (C=S) groups is 1. The molecule has 0 bridgehead atoms. The van der Waals surface area contributed by atoms with Crippen LogP contribution in [0.4, 0.5) is 0 Å². The second-order valence-electron chi connectivity index (χ2n) is 6.01. The molecule has 1 fully saturated rings. The lowest BCUT2D eigenvalue weighted by atomic mass is 10.1. The van der Waals surface area contributed by atoms with Crippen molar-refractivity contribution in [2.24, 2.45) is 0 Å². The van der Waals surface area contributed by atoms with E-state index in [1.165, 1.54) is 16.7 Å². The molecule has 2 aromatic rings. The molecule has 152 valence electrons. The van der Waals surface area contributed by atoms with Gasteiger partial charge in [-0.25, -0.2) is 0 Å². The standard InChI is InChI=1S/C21H20ClNO4S2/c1-3-25-17-12-14(13-18-20(24)23(2)21(28)29-18)11-16(22)19(17)27-10-9-26-15-7-5-4-6-8-15/h4-8,11-13H,3,9-10H2,1-2H3. The highest BCUT2D eigenvalue weighted by atomic mass is 35.5. The summed E-state index contributed by atoms with van der Waals surface area (Å²) in [6, 6.07) is 13.0. The summed E-state index contributed by atoms with van der Waals surface area (Å²) in [6.07, 6.45) is 1.75. The molecule has 0 unspecified atom stereocenters. The van der Waals surface area contributed by atoms with Crippen LogP contribution in [0.5, 0.6) is 17.2 Å². The third kappa shape index (κ3) is 5.44. The molecule has 0 aromatic heterocycles. The summed E-state index contributed by atoms with van der Waals surface area (Å²) in [5.41, 5.74) is 0.736. The molecule has 0 saturated carbocycles. The highest BCUT2D eigenvalue weighted by Gasteiger charge is 2.28. The number of thioether (sulfide) groups is 1. The van der Waals surface area contributed by atoms with E-state index in [1.807, 2.05) is 37.3 Å². The number of nitrogens with zero attached hydrogens (tertiary/aromatic N) is 1. The maximum absolute atomic E-state index is 12.2. The number of rotatable bonds is 8. The van der Waals surface area contributed by atoms with E-state index >= 15 is 0 Å². The summed E-state index contributed by atoms with van der Waals surface area (Å²) in [6.45, 7) is 3.01. The maximum Gasteiger partial charge on any atom is 0.265 e. The molecular formula is C21H20ClNO4S2. The van der Waals surface area contributed by atoms with Gasteiger partial charge in [0.1, 0.15) is 23.3 Å². The number of hydrogen-bond acceptors (Lipinski definition) is 6. The molecule has 1 heterocycles. The number of hydrogen-bond donors (Lipinski definition) is 0. The molecule has 5 nitrogen and oxygen atoms in total. The van der Waals surface area contributed by atoms with E-state index < -0.39 is 0 Å². The zero-order valence-electron chi connectivity index (χ0n) is 16.0. The van der Waals surface area contributed by atoms with Gasteiger partial charge >= 0.3 is 0 Å². The van der Waals surface area contributed by atoms with Crippen LogP contribution in [0.25, 0.3) is 6.08 Å². The Balaban J connectivity index is 1.72. The Morgan fingerprint density at radius 1 is 1.14 bits per heavy atom. The molecule has 0 atom stereocenters. The number of carbonyl (C=O) groups is 1. The second-order valence-corrected chi connectivity index (χ2v) is 8.10. The van der Waals surface area contributed by atoms with Gasteiger partial charge in [-0.1, -0.05) is 53.8 Å². The molecule has 29 heavy (non-hydrogen) atoms. The first-order valence-electron chi connectivity index (χ1n) is 8.98. The van der Waals surface area contributed by atoms with Crippen LogP contribution in [-0.2, 0) is 4.79 Å². The third-order valence-corrected chi connectivity index (χ3v) is 5.72. The van der Waals surface area contributed by atoms with Gasteiger partial charge in [-0.2, -0.15) is 0 Å². The van der Waals surface area contributed by atoms with Gasteiger partial charge in [-0.15, -0.1) is 0 Å². The van der Waals surface area contributed by atoms with Crippen molar-refractivity contribution >= 4 is 51.9 Å². The van der Waals surface area contributed by atoms with Gasteiger partial charge in [0.2, 0.25) is 0 Å². The highest BCUT2D eigenvalue weighted by Crippen LogP contribution is 2.39. The molecule has 2 aromatic carbocycles. The van der Waals surface area contributed by atoms with Crippen LogP contribution in [-0.4, -0.2) is 42.0 Å². The largest absolute Gasteiger partial charge is 0.490 e. The van der Waals surface area contributed by atoms with Crippen LogP contribution in [0.15, 0.2) is 47.4 Å². The first kappa shape index (κ1) is 21.5. The van der Waals surface area contributed by atoms with Crippen molar-refractivity contribution in [2.75, 3.05) is 26.9 Å². The lowest BCUT2D eigenvalue weighted by Crippen LogP contribution is -2.22. The summed E-state index contributed by atoms with van der Waals surface area (Å²) in [7, 11) is 1.66. The summed E-state index contributed by atoms with van der Waals surface area (Å²) in [5, 5.41) is 0.397. The van der Waals surface area contributed by atoms with Crippen LogP contribution >= 0.6 is 35.6 Å². The summed E-state index contributed by atoms with van der Waals surface area (Å²) >= 11 is 12.9. The monoisotopic (exact) mass is 449 g/mol. The fraction of sp³-hybridized carbons (Fsp3) is 0.238. The van der Waals surface area contributed by atoms with Gasteiger partial charge in [0.05, 0.1) is 16.5 Å². The fourth-order valence-corrected chi connectivity index (χ4v) is 4.04.